The summed E-state index contributed by atoms with van der Waals surface area (Å²) in [6.45, 7) is 2.34. The van der Waals surface area contributed by atoms with Crippen molar-refractivity contribution in [3.63, 3.8) is 0 Å². The minimum absolute atomic E-state index is 0.230. The second-order valence-electron chi connectivity index (χ2n) is 5.09. The van der Waals surface area contributed by atoms with Crippen molar-refractivity contribution in [3.8, 4) is 0 Å². The Labute approximate surface area is 143 Å². The molecule has 0 fully saturated rings. The van der Waals surface area contributed by atoms with Crippen LogP contribution in [0.1, 0.15) is 34.7 Å². The minimum Gasteiger partial charge on any atom is -0.325 e. The van der Waals surface area contributed by atoms with Gasteiger partial charge in [0.2, 0.25) is 0 Å². The Hall–Kier alpha value is -2.67. The van der Waals surface area contributed by atoms with Gasteiger partial charge in [-0.05, 0) is 36.8 Å². The molecule has 5 nitrogen and oxygen atoms in total. The highest BCUT2D eigenvalue weighted by Gasteiger charge is 2.28. The number of hydrogen-bond donors (Lipinski definition) is 0. The van der Waals surface area contributed by atoms with Gasteiger partial charge < -0.3 is 4.90 Å². The quantitative estimate of drug-likeness (QED) is 0.714. The van der Waals surface area contributed by atoms with Crippen LogP contribution in [0.5, 0.6) is 0 Å². The normalized spacial score (nSPS) is 11.9. The lowest BCUT2D eigenvalue weighted by molar-refractivity contribution is 0.0709. The molecule has 3 rings (SSSR count). The number of pyridine rings is 1. The average molecular weight is 342 g/mol. The van der Waals surface area contributed by atoms with Crippen LogP contribution in [0.2, 0.25) is 0 Å². The van der Waals surface area contributed by atoms with Gasteiger partial charge in [0.1, 0.15) is 5.82 Å². The molecule has 0 aliphatic heterocycles. The molecule has 0 aliphatic carbocycles. The maximum Gasteiger partial charge on any atom is 0.276 e. The molecule has 0 saturated carbocycles. The Bertz CT molecular complexity index is 793. The highest BCUT2D eigenvalue weighted by Crippen LogP contribution is 2.28. The molecule has 24 heavy (non-hydrogen) atoms. The molecule has 1 amide bonds. The van der Waals surface area contributed by atoms with Gasteiger partial charge >= 0.3 is 0 Å². The number of amides is 1. The number of aromatic nitrogens is 3. The van der Waals surface area contributed by atoms with Gasteiger partial charge in [0.05, 0.1) is 29.7 Å². The molecular weight excluding hydrogens is 327 g/mol. The van der Waals surface area contributed by atoms with Crippen molar-refractivity contribution in [1.82, 2.24) is 18.6 Å². The molecule has 3 aromatic rings. The van der Waals surface area contributed by atoms with E-state index in [2.05, 4.69) is 13.7 Å². The Morgan fingerprint density at radius 2 is 2.04 bits per heavy atom. The molecular formula is C17H15FN4OS. The Morgan fingerprint density at radius 3 is 2.62 bits per heavy atom. The lowest BCUT2D eigenvalue weighted by Crippen LogP contribution is -2.36. The number of hydrogen-bond acceptors (Lipinski definition) is 5. The summed E-state index contributed by atoms with van der Waals surface area (Å²) in [5, 5.41) is 0. The molecule has 0 bridgehead atoms. The first kappa shape index (κ1) is 16.2. The summed E-state index contributed by atoms with van der Waals surface area (Å²) < 4.78 is 21.2. The fourth-order valence-corrected chi connectivity index (χ4v) is 2.95. The van der Waals surface area contributed by atoms with E-state index in [4.69, 9.17) is 0 Å². The maximum absolute atomic E-state index is 13.3. The molecule has 0 radical (unpaired) electrons. The van der Waals surface area contributed by atoms with Crippen LogP contribution in [0.25, 0.3) is 0 Å². The van der Waals surface area contributed by atoms with Crippen LogP contribution in [0, 0.1) is 5.82 Å². The molecule has 0 spiro atoms. The topological polar surface area (TPSA) is 59.0 Å². The Kier molecular flexibility index (Phi) is 4.90. The van der Waals surface area contributed by atoms with E-state index in [-0.39, 0.29) is 11.7 Å². The largest absolute Gasteiger partial charge is 0.325 e. The first-order valence-electron chi connectivity index (χ1n) is 7.45. The van der Waals surface area contributed by atoms with Crippen molar-refractivity contribution >= 4 is 17.6 Å². The third-order valence-electron chi connectivity index (χ3n) is 3.65. The molecule has 122 valence electrons. The highest BCUT2D eigenvalue weighted by molar-refractivity contribution is 6.99. The zero-order valence-electron chi connectivity index (χ0n) is 13.0. The lowest BCUT2D eigenvalue weighted by atomic mass is 10.0. The zero-order valence-corrected chi connectivity index (χ0v) is 13.8. The van der Waals surface area contributed by atoms with Crippen LogP contribution < -0.4 is 0 Å². The van der Waals surface area contributed by atoms with Gasteiger partial charge in [-0.25, -0.2) is 4.39 Å². The number of carbonyl (C=O) groups is 1. The van der Waals surface area contributed by atoms with Gasteiger partial charge in [-0.1, -0.05) is 18.2 Å². The summed E-state index contributed by atoms with van der Waals surface area (Å²) in [7, 11) is 0. The molecule has 1 aromatic carbocycles. The Morgan fingerprint density at radius 1 is 1.25 bits per heavy atom. The second-order valence-corrected chi connectivity index (χ2v) is 5.65. The summed E-state index contributed by atoms with van der Waals surface area (Å²) in [5.74, 6) is -0.553. The molecule has 7 heteroatoms. The monoisotopic (exact) mass is 342 g/mol. The van der Waals surface area contributed by atoms with Gasteiger partial charge in [0.25, 0.3) is 5.91 Å². The predicted octanol–water partition coefficient (Wildman–Crippen LogP) is 3.32. The van der Waals surface area contributed by atoms with Crippen LogP contribution in [0.4, 0.5) is 4.39 Å². The molecule has 1 unspecified atom stereocenters. The van der Waals surface area contributed by atoms with Crippen LogP contribution in [0.3, 0.4) is 0 Å². The number of carbonyl (C=O) groups excluding carboxylic acids is 1. The molecule has 0 N–H and O–H groups in total. The third-order valence-corrected chi connectivity index (χ3v) is 4.13. The highest BCUT2D eigenvalue weighted by atomic mass is 32.1. The second kappa shape index (κ2) is 7.27. The van der Waals surface area contributed by atoms with Gasteiger partial charge in [0, 0.05) is 12.7 Å². The predicted molar refractivity (Wildman–Crippen MR) is 89.1 cm³/mol. The SMILES string of the molecule is CCN(C(=O)c1cnsn1)C(c1ccc(F)cc1)c1ccccn1. The van der Waals surface area contributed by atoms with E-state index in [1.54, 1.807) is 23.2 Å². The van der Waals surface area contributed by atoms with Gasteiger partial charge in [-0.3, -0.25) is 9.78 Å². The van der Waals surface area contributed by atoms with Crippen molar-refractivity contribution in [2.75, 3.05) is 6.54 Å². The Balaban J connectivity index is 2.05. The lowest BCUT2D eigenvalue weighted by Gasteiger charge is -2.30. The van der Waals surface area contributed by atoms with Crippen molar-refractivity contribution in [3.05, 3.63) is 77.6 Å². The number of rotatable bonds is 5. The smallest absolute Gasteiger partial charge is 0.276 e. The third kappa shape index (κ3) is 3.30. The standard InChI is InChI=1S/C17H15FN4OS/c1-2-22(17(23)15-11-20-24-21-15)16(14-5-3-4-10-19-14)12-6-8-13(18)9-7-12/h3-11,16H,2H2,1H3. The van der Waals surface area contributed by atoms with E-state index in [9.17, 15) is 9.18 Å². The molecule has 2 aromatic heterocycles. The number of nitrogens with zero attached hydrogens (tertiary/aromatic N) is 4. The van der Waals surface area contributed by atoms with Crippen molar-refractivity contribution in [1.29, 1.82) is 0 Å². The van der Waals surface area contributed by atoms with E-state index >= 15 is 0 Å². The zero-order chi connectivity index (χ0) is 16.9. The van der Waals surface area contributed by atoms with Crippen LogP contribution in [-0.2, 0) is 0 Å². The number of benzene rings is 1. The van der Waals surface area contributed by atoms with Gasteiger partial charge in [-0.2, -0.15) is 8.75 Å². The van der Waals surface area contributed by atoms with E-state index in [1.165, 1.54) is 18.3 Å². The summed E-state index contributed by atoms with van der Waals surface area (Å²) in [6, 6.07) is 11.2. The first-order chi connectivity index (χ1) is 11.7. The summed E-state index contributed by atoms with van der Waals surface area (Å²) in [4.78, 5) is 18.9. The fourth-order valence-electron chi connectivity index (χ4n) is 2.54. The summed E-state index contributed by atoms with van der Waals surface area (Å²) >= 11 is 0.988. The summed E-state index contributed by atoms with van der Waals surface area (Å²) in [6.07, 6.45) is 3.13. The van der Waals surface area contributed by atoms with Crippen molar-refractivity contribution < 1.29 is 9.18 Å². The maximum atomic E-state index is 13.3. The molecule has 2 heterocycles. The van der Waals surface area contributed by atoms with Crippen LogP contribution in [-0.4, -0.2) is 31.1 Å². The van der Waals surface area contributed by atoms with Gasteiger partial charge in [-0.15, -0.1) is 0 Å². The molecule has 0 saturated heterocycles. The van der Waals surface area contributed by atoms with Gasteiger partial charge in [0.15, 0.2) is 5.69 Å². The summed E-state index contributed by atoms with van der Waals surface area (Å²) in [5.41, 5.74) is 1.79. The fraction of sp³-hybridized carbons (Fsp3) is 0.176. The molecule has 1 atom stereocenters. The molecule has 0 aliphatic rings. The average Bonchev–Trinajstić information content (AvgIpc) is 3.15. The minimum atomic E-state index is -0.425. The van der Waals surface area contributed by atoms with E-state index < -0.39 is 6.04 Å². The van der Waals surface area contributed by atoms with Crippen molar-refractivity contribution in [2.45, 2.75) is 13.0 Å². The van der Waals surface area contributed by atoms with Crippen LogP contribution in [0.15, 0.2) is 54.9 Å². The van der Waals surface area contributed by atoms with E-state index in [1.807, 2.05) is 25.1 Å². The first-order valence-corrected chi connectivity index (χ1v) is 8.18. The van der Waals surface area contributed by atoms with E-state index in [0.29, 0.717) is 17.9 Å². The number of halogens is 1. The van der Waals surface area contributed by atoms with Crippen molar-refractivity contribution in [2.24, 2.45) is 0 Å². The van der Waals surface area contributed by atoms with E-state index in [0.717, 1.165) is 17.3 Å². The van der Waals surface area contributed by atoms with Crippen LogP contribution >= 0.6 is 11.7 Å².